The summed E-state index contributed by atoms with van der Waals surface area (Å²) in [4.78, 5) is 26.3. The molecule has 1 aliphatic rings. The lowest BCUT2D eigenvalue weighted by Gasteiger charge is -2.17. The second kappa shape index (κ2) is 10.3. The van der Waals surface area contributed by atoms with E-state index in [-0.39, 0.29) is 17.3 Å². The fourth-order valence-corrected chi connectivity index (χ4v) is 4.11. The molecule has 0 radical (unpaired) electrons. The number of imide groups is 1. The molecule has 1 aromatic carbocycles. The summed E-state index contributed by atoms with van der Waals surface area (Å²) in [5.41, 5.74) is 0.793. The van der Waals surface area contributed by atoms with Gasteiger partial charge in [0.05, 0.1) is 21.2 Å². The molecule has 1 saturated heterocycles. The molecule has 1 aliphatic heterocycles. The number of thioether (sulfide) groups is 1. The Bertz CT molecular complexity index is 735. The normalized spacial score (nSPS) is 15.9. The number of rotatable bonds is 9. The van der Waals surface area contributed by atoms with Gasteiger partial charge in [0, 0.05) is 20.3 Å². The molecule has 1 heterocycles. The number of hydrogen-bond donors (Lipinski definition) is 0. The van der Waals surface area contributed by atoms with E-state index < -0.39 is 0 Å². The largest absolute Gasteiger partial charge is 0.490 e. The summed E-state index contributed by atoms with van der Waals surface area (Å²) >= 11 is 3.15. The maximum atomic E-state index is 12.5. The topological polar surface area (TPSA) is 65.1 Å². The fraction of sp³-hybridized carbons (Fsp3) is 0.474. The summed E-state index contributed by atoms with van der Waals surface area (Å²) in [7, 11) is 1.60. The molecule has 6 nitrogen and oxygen atoms in total. The van der Waals surface area contributed by atoms with Crippen molar-refractivity contribution in [2.45, 2.75) is 33.3 Å². The molecule has 2 amide bonds. The molecule has 148 valence electrons. The predicted octanol–water partition coefficient (Wildman–Crippen LogP) is 4.55. The first-order valence-corrected chi connectivity index (χ1v) is 10.6. The molecule has 0 bridgehead atoms. The van der Waals surface area contributed by atoms with Gasteiger partial charge in [-0.1, -0.05) is 0 Å². The summed E-state index contributed by atoms with van der Waals surface area (Å²) in [6, 6.07) is 3.75. The van der Waals surface area contributed by atoms with E-state index in [4.69, 9.17) is 14.2 Å². The van der Waals surface area contributed by atoms with Crippen LogP contribution in [0, 0.1) is 3.57 Å². The highest BCUT2D eigenvalue weighted by Crippen LogP contribution is 2.38. The van der Waals surface area contributed by atoms with Crippen LogP contribution in [-0.2, 0) is 9.53 Å². The quantitative estimate of drug-likeness (QED) is 0.279. The molecular weight excluding hydrogens is 481 g/mol. The van der Waals surface area contributed by atoms with Crippen LogP contribution in [0.5, 0.6) is 11.5 Å². The minimum atomic E-state index is -0.267. The van der Waals surface area contributed by atoms with E-state index in [0.717, 1.165) is 20.9 Å². The summed E-state index contributed by atoms with van der Waals surface area (Å²) in [6.07, 6.45) is 2.37. The van der Waals surface area contributed by atoms with Gasteiger partial charge in [-0.2, -0.15) is 0 Å². The van der Waals surface area contributed by atoms with Crippen molar-refractivity contribution in [2.24, 2.45) is 0 Å². The number of hydrogen-bond acceptors (Lipinski definition) is 6. The molecule has 0 unspecified atom stereocenters. The molecule has 0 saturated carbocycles. The van der Waals surface area contributed by atoms with E-state index in [2.05, 4.69) is 22.6 Å². The number of carbonyl (C=O) groups is 2. The van der Waals surface area contributed by atoms with Gasteiger partial charge >= 0.3 is 0 Å². The van der Waals surface area contributed by atoms with Gasteiger partial charge in [0.15, 0.2) is 11.5 Å². The smallest absolute Gasteiger partial charge is 0.293 e. The van der Waals surface area contributed by atoms with Crippen molar-refractivity contribution in [3.8, 4) is 11.5 Å². The van der Waals surface area contributed by atoms with E-state index in [1.165, 1.54) is 4.90 Å². The van der Waals surface area contributed by atoms with Crippen molar-refractivity contribution in [1.82, 2.24) is 4.90 Å². The predicted molar refractivity (Wildman–Crippen MR) is 115 cm³/mol. The lowest BCUT2D eigenvalue weighted by molar-refractivity contribution is -0.122. The number of amides is 2. The first-order valence-electron chi connectivity index (χ1n) is 8.74. The molecule has 0 aliphatic carbocycles. The minimum Gasteiger partial charge on any atom is -0.490 e. The third kappa shape index (κ3) is 5.86. The number of ether oxygens (including phenoxy) is 3. The second-order valence-corrected chi connectivity index (χ2v) is 8.26. The third-order valence-corrected chi connectivity index (χ3v) is 5.30. The van der Waals surface area contributed by atoms with Crippen LogP contribution in [0.1, 0.15) is 32.8 Å². The number of carbonyl (C=O) groups excluding carboxylic acids is 2. The van der Waals surface area contributed by atoms with Gasteiger partial charge in [-0.15, -0.1) is 0 Å². The molecule has 2 rings (SSSR count). The first kappa shape index (κ1) is 22.0. The van der Waals surface area contributed by atoms with Crippen LogP contribution < -0.4 is 9.47 Å². The zero-order valence-corrected chi connectivity index (χ0v) is 18.9. The average Bonchev–Trinajstić information content (AvgIpc) is 2.85. The highest BCUT2D eigenvalue weighted by molar-refractivity contribution is 14.1. The lowest BCUT2D eigenvalue weighted by Crippen LogP contribution is -2.29. The van der Waals surface area contributed by atoms with E-state index in [0.29, 0.717) is 42.6 Å². The van der Waals surface area contributed by atoms with E-state index in [1.807, 2.05) is 32.9 Å². The van der Waals surface area contributed by atoms with Gasteiger partial charge in [-0.25, -0.2) is 0 Å². The highest BCUT2D eigenvalue weighted by atomic mass is 127. The molecule has 0 spiro atoms. The van der Waals surface area contributed by atoms with E-state index >= 15 is 0 Å². The van der Waals surface area contributed by atoms with Crippen molar-refractivity contribution in [3.05, 3.63) is 26.2 Å². The minimum absolute atomic E-state index is 0.0205. The Morgan fingerprint density at radius 1 is 1.30 bits per heavy atom. The van der Waals surface area contributed by atoms with Crippen LogP contribution in [0.25, 0.3) is 6.08 Å². The molecule has 1 fully saturated rings. The summed E-state index contributed by atoms with van der Waals surface area (Å²) in [6.45, 7) is 7.19. The van der Waals surface area contributed by atoms with Crippen LogP contribution in [0.2, 0.25) is 0 Å². The molecule has 1 aromatic rings. The van der Waals surface area contributed by atoms with Gasteiger partial charge in [-0.05, 0) is 85.3 Å². The Balaban J connectivity index is 2.27. The number of methoxy groups -OCH3 is 1. The van der Waals surface area contributed by atoms with E-state index in [1.54, 1.807) is 13.2 Å². The summed E-state index contributed by atoms with van der Waals surface area (Å²) in [5.74, 6) is 1.05. The standard InChI is InChI=1S/C19H24INO5S/c1-5-25-15-10-13(9-14(20)17(15)26-12(2)3)11-16-18(22)21(19(23)27-16)7-6-8-24-4/h9-12H,5-8H2,1-4H3/b16-11+. The third-order valence-electron chi connectivity index (χ3n) is 3.59. The maximum absolute atomic E-state index is 12.5. The van der Waals surface area contributed by atoms with Crippen LogP contribution in [0.15, 0.2) is 17.0 Å². The van der Waals surface area contributed by atoms with Crippen LogP contribution in [-0.4, -0.2) is 49.0 Å². The van der Waals surface area contributed by atoms with Crippen molar-refractivity contribution < 1.29 is 23.8 Å². The maximum Gasteiger partial charge on any atom is 0.293 e. The zero-order valence-electron chi connectivity index (χ0n) is 15.9. The van der Waals surface area contributed by atoms with Crippen molar-refractivity contribution in [3.63, 3.8) is 0 Å². The fourth-order valence-electron chi connectivity index (χ4n) is 2.50. The van der Waals surface area contributed by atoms with Crippen LogP contribution >= 0.6 is 34.4 Å². The van der Waals surface area contributed by atoms with Crippen LogP contribution in [0.4, 0.5) is 4.79 Å². The molecular formula is C19H24INO5S. The highest BCUT2D eigenvalue weighted by Gasteiger charge is 2.34. The molecule has 27 heavy (non-hydrogen) atoms. The van der Waals surface area contributed by atoms with Crippen LogP contribution in [0.3, 0.4) is 0 Å². The number of benzene rings is 1. The second-order valence-electron chi connectivity index (χ2n) is 6.11. The summed E-state index contributed by atoms with van der Waals surface area (Å²) < 4.78 is 17.5. The van der Waals surface area contributed by atoms with Gasteiger partial charge < -0.3 is 14.2 Å². The molecule has 0 N–H and O–H groups in total. The molecule has 8 heteroatoms. The Morgan fingerprint density at radius 3 is 2.67 bits per heavy atom. The SMILES string of the molecule is CCOc1cc(/C=C2/SC(=O)N(CCCOC)C2=O)cc(I)c1OC(C)C. The van der Waals surface area contributed by atoms with Gasteiger partial charge in [-0.3, -0.25) is 14.5 Å². The van der Waals surface area contributed by atoms with Crippen molar-refractivity contribution >= 4 is 51.6 Å². The van der Waals surface area contributed by atoms with Gasteiger partial charge in [0.1, 0.15) is 0 Å². The molecule has 0 atom stereocenters. The van der Waals surface area contributed by atoms with E-state index in [9.17, 15) is 9.59 Å². The number of nitrogens with zero attached hydrogens (tertiary/aromatic N) is 1. The average molecular weight is 505 g/mol. The van der Waals surface area contributed by atoms with Gasteiger partial charge in [0.25, 0.3) is 11.1 Å². The monoisotopic (exact) mass is 505 g/mol. The Morgan fingerprint density at radius 2 is 2.04 bits per heavy atom. The Labute approximate surface area is 177 Å². The number of halogens is 1. The Hall–Kier alpha value is -1.26. The van der Waals surface area contributed by atoms with Crippen molar-refractivity contribution in [2.75, 3.05) is 26.9 Å². The summed E-state index contributed by atoms with van der Waals surface area (Å²) in [5, 5.41) is -0.248. The van der Waals surface area contributed by atoms with Gasteiger partial charge in [0.2, 0.25) is 0 Å². The molecule has 0 aromatic heterocycles. The lowest BCUT2D eigenvalue weighted by atomic mass is 10.1. The van der Waals surface area contributed by atoms with Crippen molar-refractivity contribution in [1.29, 1.82) is 0 Å². The first-order chi connectivity index (χ1) is 12.9. The Kier molecular flexibility index (Phi) is 8.43. The zero-order chi connectivity index (χ0) is 20.0.